The van der Waals surface area contributed by atoms with Crippen LogP contribution in [0.1, 0.15) is 25.6 Å². The maximum atomic E-state index is 2.28. The zero-order chi connectivity index (χ0) is 8.27. The van der Waals surface area contributed by atoms with Gasteiger partial charge in [0.05, 0.1) is 0 Å². The summed E-state index contributed by atoms with van der Waals surface area (Å²) in [5, 5.41) is 1.38. The van der Waals surface area contributed by atoms with Gasteiger partial charge in [-0.1, -0.05) is 19.1 Å². The largest absolute Gasteiger partial charge is 0.141 e. The third kappa shape index (κ3) is 1.72. The highest BCUT2D eigenvalue weighted by Gasteiger charge is 1.92. The first kappa shape index (κ1) is 8.54. The van der Waals surface area contributed by atoms with E-state index in [1.807, 2.05) is 11.3 Å². The number of aryl methyl sites for hydroxylation is 1. The molecule has 0 aliphatic carbocycles. The van der Waals surface area contributed by atoms with E-state index in [0.717, 1.165) is 6.42 Å². The number of thiophene rings is 1. The van der Waals surface area contributed by atoms with Crippen LogP contribution in [0.5, 0.6) is 0 Å². The molecule has 0 atom stereocenters. The van der Waals surface area contributed by atoms with Gasteiger partial charge < -0.3 is 0 Å². The summed E-state index contributed by atoms with van der Waals surface area (Å²) in [5.41, 5.74) is 0. The van der Waals surface area contributed by atoms with E-state index in [2.05, 4.69) is 39.0 Å². The summed E-state index contributed by atoms with van der Waals surface area (Å²) in [6, 6.07) is 2.28. The van der Waals surface area contributed by atoms with Gasteiger partial charge in [-0.2, -0.15) is 0 Å². The van der Waals surface area contributed by atoms with Gasteiger partial charge in [0.25, 0.3) is 0 Å². The van der Waals surface area contributed by atoms with Crippen molar-refractivity contribution >= 4 is 23.5 Å². The number of hydrogen-bond acceptors (Lipinski definition) is 1. The smallest absolute Gasteiger partial charge is 0.0299 e. The predicted molar refractivity (Wildman–Crippen MR) is 53.2 cm³/mol. The van der Waals surface area contributed by atoms with Crippen molar-refractivity contribution in [3.05, 3.63) is 20.7 Å². The molecule has 0 spiro atoms. The molecule has 0 saturated heterocycles. The van der Waals surface area contributed by atoms with Crippen molar-refractivity contribution in [1.82, 2.24) is 0 Å². The molecule has 0 unspecified atom stereocenters. The molecular weight excluding hydrogens is 152 g/mol. The Morgan fingerprint density at radius 2 is 2.09 bits per heavy atom. The standard InChI is InChI=1S/C10H14S/c1-4-8-7-9(5-2)11-10(8)6-3/h4,6-7H,5H2,1-3H3/b8-4-,10-6+. The Morgan fingerprint density at radius 3 is 2.45 bits per heavy atom. The second-order valence-corrected chi connectivity index (χ2v) is 3.63. The predicted octanol–water partition coefficient (Wildman–Crippen LogP) is 1.91. The Bertz CT molecular complexity index is 299. The lowest BCUT2D eigenvalue weighted by Crippen LogP contribution is -2.15. The van der Waals surface area contributed by atoms with E-state index in [1.54, 1.807) is 0 Å². The molecule has 0 aliphatic heterocycles. The molecule has 0 N–H and O–H groups in total. The second-order valence-electron chi connectivity index (χ2n) is 2.46. The minimum absolute atomic E-state index is 1.15. The van der Waals surface area contributed by atoms with Crippen LogP contribution in [0.3, 0.4) is 0 Å². The third-order valence-corrected chi connectivity index (χ3v) is 3.12. The molecule has 60 valence electrons. The normalized spacial score (nSPS) is 14.5. The van der Waals surface area contributed by atoms with Crippen molar-refractivity contribution in [3.8, 4) is 0 Å². The minimum atomic E-state index is 1.15. The Morgan fingerprint density at radius 1 is 1.36 bits per heavy atom. The molecule has 0 amide bonds. The molecule has 11 heavy (non-hydrogen) atoms. The van der Waals surface area contributed by atoms with Crippen molar-refractivity contribution in [3.63, 3.8) is 0 Å². The van der Waals surface area contributed by atoms with Gasteiger partial charge in [0, 0.05) is 9.41 Å². The highest BCUT2D eigenvalue weighted by atomic mass is 32.1. The van der Waals surface area contributed by atoms with Gasteiger partial charge in [-0.3, -0.25) is 0 Å². The topological polar surface area (TPSA) is 0 Å². The van der Waals surface area contributed by atoms with E-state index < -0.39 is 0 Å². The molecule has 1 aromatic rings. The molecule has 1 heterocycles. The van der Waals surface area contributed by atoms with Crippen LogP contribution in [0, 0.1) is 0 Å². The highest BCUT2D eigenvalue weighted by molar-refractivity contribution is 7.09. The third-order valence-electron chi connectivity index (χ3n) is 1.76. The van der Waals surface area contributed by atoms with E-state index in [4.69, 9.17) is 0 Å². The van der Waals surface area contributed by atoms with Gasteiger partial charge in [0.2, 0.25) is 0 Å². The maximum Gasteiger partial charge on any atom is 0.0299 e. The van der Waals surface area contributed by atoms with Gasteiger partial charge >= 0.3 is 0 Å². The van der Waals surface area contributed by atoms with Gasteiger partial charge in [-0.05, 0) is 31.6 Å². The van der Waals surface area contributed by atoms with Crippen LogP contribution in [0.4, 0.5) is 0 Å². The molecule has 1 heteroatoms. The van der Waals surface area contributed by atoms with E-state index in [0.29, 0.717) is 0 Å². The lowest BCUT2D eigenvalue weighted by molar-refractivity contribution is 1.18. The molecular formula is C10H14S. The summed E-state index contributed by atoms with van der Waals surface area (Å²) >= 11 is 1.90. The fourth-order valence-electron chi connectivity index (χ4n) is 1.10. The summed E-state index contributed by atoms with van der Waals surface area (Å²) in [5.74, 6) is 0. The van der Waals surface area contributed by atoms with Crippen LogP contribution >= 0.6 is 11.3 Å². The number of rotatable bonds is 1. The van der Waals surface area contributed by atoms with Crippen molar-refractivity contribution in [2.45, 2.75) is 27.2 Å². The maximum absolute atomic E-state index is 2.28. The summed E-state index contributed by atoms with van der Waals surface area (Å²) in [7, 11) is 0. The van der Waals surface area contributed by atoms with Crippen LogP contribution in [0.15, 0.2) is 6.07 Å². The van der Waals surface area contributed by atoms with Crippen molar-refractivity contribution in [1.29, 1.82) is 0 Å². The van der Waals surface area contributed by atoms with Gasteiger partial charge in [0.1, 0.15) is 0 Å². The van der Waals surface area contributed by atoms with Crippen LogP contribution < -0.4 is 9.75 Å². The summed E-state index contributed by atoms with van der Waals surface area (Å²) in [6.07, 6.45) is 5.50. The SMILES string of the molecule is C/C=c1/cc(CC)s/c1=C/C. The van der Waals surface area contributed by atoms with Crippen LogP contribution in [-0.2, 0) is 6.42 Å². The minimum Gasteiger partial charge on any atom is -0.141 e. The van der Waals surface area contributed by atoms with E-state index in [9.17, 15) is 0 Å². The van der Waals surface area contributed by atoms with Gasteiger partial charge in [0.15, 0.2) is 0 Å². The zero-order valence-electron chi connectivity index (χ0n) is 7.35. The molecule has 0 aromatic carbocycles. The van der Waals surface area contributed by atoms with Gasteiger partial charge in [-0.15, -0.1) is 11.3 Å². The Hall–Kier alpha value is -0.560. The Kier molecular flexibility index (Phi) is 2.89. The number of hydrogen-bond donors (Lipinski definition) is 0. The molecule has 1 aromatic heterocycles. The van der Waals surface area contributed by atoms with Crippen molar-refractivity contribution in [2.24, 2.45) is 0 Å². The van der Waals surface area contributed by atoms with Crippen LogP contribution in [-0.4, -0.2) is 0 Å². The fourth-order valence-corrected chi connectivity index (χ4v) is 2.12. The van der Waals surface area contributed by atoms with Crippen LogP contribution in [0.25, 0.3) is 12.2 Å². The average Bonchev–Trinajstić information content (AvgIpc) is 2.46. The quantitative estimate of drug-likeness (QED) is 0.598. The Labute approximate surface area is 71.9 Å². The first-order valence-corrected chi connectivity index (χ1v) is 4.84. The molecule has 0 bridgehead atoms. The van der Waals surface area contributed by atoms with Crippen LogP contribution in [0.2, 0.25) is 0 Å². The lowest BCUT2D eigenvalue weighted by atomic mass is 10.3. The first-order valence-electron chi connectivity index (χ1n) is 4.03. The Balaban J connectivity index is 3.37. The summed E-state index contributed by atoms with van der Waals surface area (Å²) in [4.78, 5) is 1.48. The average molecular weight is 166 g/mol. The second kappa shape index (κ2) is 3.72. The fraction of sp³-hybridized carbons (Fsp3) is 0.400. The molecule has 0 saturated carbocycles. The van der Waals surface area contributed by atoms with Crippen molar-refractivity contribution < 1.29 is 0 Å². The highest BCUT2D eigenvalue weighted by Crippen LogP contribution is 1.99. The van der Waals surface area contributed by atoms with Gasteiger partial charge in [-0.25, -0.2) is 0 Å². The molecule has 0 aliphatic rings. The first-order chi connectivity index (χ1) is 5.31. The van der Waals surface area contributed by atoms with E-state index in [1.165, 1.54) is 14.6 Å². The zero-order valence-corrected chi connectivity index (χ0v) is 8.16. The van der Waals surface area contributed by atoms with Crippen molar-refractivity contribution in [2.75, 3.05) is 0 Å². The summed E-state index contributed by atoms with van der Waals surface area (Å²) < 4.78 is 1.41. The summed E-state index contributed by atoms with van der Waals surface area (Å²) in [6.45, 7) is 6.39. The van der Waals surface area contributed by atoms with E-state index in [-0.39, 0.29) is 0 Å². The molecule has 0 fully saturated rings. The molecule has 0 nitrogen and oxygen atoms in total. The monoisotopic (exact) mass is 166 g/mol. The lowest BCUT2D eigenvalue weighted by Gasteiger charge is -1.79. The molecule has 1 rings (SSSR count). The van der Waals surface area contributed by atoms with E-state index >= 15 is 0 Å². The molecule has 0 radical (unpaired) electrons.